The van der Waals surface area contributed by atoms with Crippen molar-refractivity contribution in [2.24, 2.45) is 39.7 Å². The molecule has 4 aliphatic carbocycles. The van der Waals surface area contributed by atoms with Gasteiger partial charge in [-0.2, -0.15) is 0 Å². The number of allylic oxidation sites excluding steroid dienone is 2. The molecule has 5 rings (SSSR count). The predicted molar refractivity (Wildman–Crippen MR) is 155 cm³/mol. The summed E-state index contributed by atoms with van der Waals surface area (Å²) < 4.78 is 4.86. The van der Waals surface area contributed by atoms with Gasteiger partial charge in [-0.1, -0.05) is 36.7 Å². The number of carbonyl (C=O) groups excluding carboxylic acids is 3. The molecule has 0 aromatic heterocycles. The number of hydrogen-bond donors (Lipinski definition) is 2. The van der Waals surface area contributed by atoms with Crippen LogP contribution in [0.15, 0.2) is 41.1 Å². The Labute approximate surface area is 242 Å². The van der Waals surface area contributed by atoms with Gasteiger partial charge in [0.25, 0.3) is 5.91 Å². The maximum Gasteiger partial charge on any atom is 0.328 e. The fraction of sp³-hybridized carbons (Fsp3) is 0.636. The second-order valence-electron chi connectivity index (χ2n) is 13.2. The van der Waals surface area contributed by atoms with Gasteiger partial charge in [0.05, 0.1) is 12.8 Å². The van der Waals surface area contributed by atoms with Crippen LogP contribution in [-0.4, -0.2) is 48.2 Å². The number of nitrogens with zero attached hydrogens (tertiary/aromatic N) is 1. The lowest BCUT2D eigenvalue weighted by molar-refractivity contribution is -0.145. The van der Waals surface area contributed by atoms with Crippen LogP contribution in [0.3, 0.4) is 0 Å². The molecule has 3 saturated carbocycles. The van der Waals surface area contributed by atoms with Crippen LogP contribution in [0.25, 0.3) is 0 Å². The van der Waals surface area contributed by atoms with E-state index in [0.29, 0.717) is 23.5 Å². The minimum atomic E-state index is -0.871. The van der Waals surface area contributed by atoms with E-state index in [1.807, 2.05) is 0 Å². The topological polar surface area (TPSA) is 114 Å². The second kappa shape index (κ2) is 11.6. The van der Waals surface area contributed by atoms with Crippen LogP contribution in [0.1, 0.15) is 77.7 Å². The molecule has 222 valence electrons. The lowest BCUT2D eigenvalue weighted by Gasteiger charge is -2.58. The largest absolute Gasteiger partial charge is 0.508 e. The Balaban J connectivity index is 1.19. The predicted octanol–water partition coefficient (Wildman–Crippen LogP) is 5.13. The number of ether oxygens (including phenoxy) is 1. The summed E-state index contributed by atoms with van der Waals surface area (Å²) in [5.74, 6) is 1.70. The number of phenolic OH excluding ortho intramolecular Hbond substituents is 1. The number of hydrogen-bond acceptors (Lipinski definition) is 7. The Morgan fingerprint density at radius 2 is 1.80 bits per heavy atom. The Morgan fingerprint density at radius 1 is 1.05 bits per heavy atom. The first-order valence-electron chi connectivity index (χ1n) is 15.1. The van der Waals surface area contributed by atoms with Crippen molar-refractivity contribution < 1.29 is 29.1 Å². The zero-order valence-corrected chi connectivity index (χ0v) is 24.8. The van der Waals surface area contributed by atoms with E-state index in [1.54, 1.807) is 19.1 Å². The van der Waals surface area contributed by atoms with Gasteiger partial charge in [0.2, 0.25) is 0 Å². The smallest absolute Gasteiger partial charge is 0.328 e. The molecule has 0 unspecified atom stereocenters. The van der Waals surface area contributed by atoms with E-state index < -0.39 is 17.9 Å². The standard InChI is InChI=1S/C33H44N2O6/c1-20(36)26-11-12-27-25-10-7-22-18-23(13-15-32(22,2)28(25)14-16-33(26,27)3)35-41-19-30(38)34-29(31(39)40-4)17-21-5-8-24(37)9-6-21/h5-6,8-9,18,25-29,37H,7,10-17,19H2,1-4H3,(H,34,38)/b35-23+/t25-,26+,27+,28+,29+,32+,33-/m1/s1. The summed E-state index contributed by atoms with van der Waals surface area (Å²) in [5.41, 5.74) is 3.39. The van der Waals surface area contributed by atoms with Crippen molar-refractivity contribution in [3.8, 4) is 5.75 Å². The second-order valence-corrected chi connectivity index (χ2v) is 13.2. The van der Waals surface area contributed by atoms with Crippen LogP contribution >= 0.6 is 0 Å². The lowest BCUT2D eigenvalue weighted by atomic mass is 9.46. The maximum absolute atomic E-state index is 12.6. The third-order valence-corrected chi connectivity index (χ3v) is 11.0. The van der Waals surface area contributed by atoms with Gasteiger partial charge in [0.15, 0.2) is 6.61 Å². The summed E-state index contributed by atoms with van der Waals surface area (Å²) in [5, 5.41) is 16.5. The Kier molecular flexibility index (Phi) is 8.31. The number of esters is 1. The molecule has 0 aliphatic heterocycles. The van der Waals surface area contributed by atoms with Gasteiger partial charge in [-0.05, 0) is 111 Å². The number of nitrogens with one attached hydrogen (secondary N) is 1. The zero-order valence-electron chi connectivity index (χ0n) is 24.8. The molecular formula is C33H44N2O6. The normalized spacial score (nSPS) is 34.0. The van der Waals surface area contributed by atoms with Gasteiger partial charge in [-0.15, -0.1) is 0 Å². The Morgan fingerprint density at radius 3 is 2.51 bits per heavy atom. The SMILES string of the molecule is COC(=O)[C@H](Cc1ccc(O)cc1)NC(=O)CO/N=C1/C=C2CC[C@@H]3[C@@H]4CC[C@@H](C(C)=O)[C@@]4(C)CC[C@@H]3[C@@]2(C)CC1. The number of methoxy groups -OCH3 is 1. The number of Topliss-reactive ketones (excluding diaryl/α,β-unsaturated/α-hetero) is 1. The van der Waals surface area contributed by atoms with Crippen molar-refractivity contribution in [3.05, 3.63) is 41.5 Å². The lowest BCUT2D eigenvalue weighted by Crippen LogP contribution is -2.51. The molecule has 1 aromatic carbocycles. The van der Waals surface area contributed by atoms with Gasteiger partial charge in [-0.25, -0.2) is 4.79 Å². The number of aromatic hydroxyl groups is 1. The molecule has 8 nitrogen and oxygen atoms in total. The molecule has 41 heavy (non-hydrogen) atoms. The van der Waals surface area contributed by atoms with E-state index in [4.69, 9.17) is 9.57 Å². The highest BCUT2D eigenvalue weighted by molar-refractivity contribution is 5.96. The van der Waals surface area contributed by atoms with Crippen LogP contribution in [0, 0.1) is 34.5 Å². The number of ketones is 1. The number of phenols is 1. The van der Waals surface area contributed by atoms with E-state index >= 15 is 0 Å². The van der Waals surface area contributed by atoms with Crippen molar-refractivity contribution >= 4 is 23.4 Å². The molecule has 0 bridgehead atoms. The van der Waals surface area contributed by atoms with Gasteiger partial charge in [0, 0.05) is 12.3 Å². The summed E-state index contributed by atoms with van der Waals surface area (Å²) in [4.78, 5) is 42.7. The minimum absolute atomic E-state index is 0.129. The van der Waals surface area contributed by atoms with Crippen LogP contribution in [0.2, 0.25) is 0 Å². The summed E-state index contributed by atoms with van der Waals surface area (Å²) in [6.45, 7) is 6.31. The van der Waals surface area contributed by atoms with Crippen molar-refractivity contribution in [3.63, 3.8) is 0 Å². The number of carbonyl (C=O) groups is 3. The van der Waals surface area contributed by atoms with Crippen molar-refractivity contribution in [1.82, 2.24) is 5.32 Å². The van der Waals surface area contributed by atoms with E-state index in [9.17, 15) is 19.5 Å². The average molecular weight is 565 g/mol. The van der Waals surface area contributed by atoms with Gasteiger partial charge < -0.3 is 20.0 Å². The van der Waals surface area contributed by atoms with Crippen LogP contribution < -0.4 is 5.32 Å². The molecule has 1 aromatic rings. The molecule has 0 spiro atoms. The average Bonchev–Trinajstić information content (AvgIpc) is 3.31. The van der Waals surface area contributed by atoms with E-state index in [0.717, 1.165) is 43.4 Å². The summed E-state index contributed by atoms with van der Waals surface area (Å²) in [7, 11) is 1.28. The van der Waals surface area contributed by atoms with E-state index in [-0.39, 0.29) is 35.5 Å². The Hall–Kier alpha value is -3.16. The summed E-state index contributed by atoms with van der Waals surface area (Å²) in [6, 6.07) is 5.58. The molecular weight excluding hydrogens is 520 g/mol. The fourth-order valence-corrected chi connectivity index (χ4v) is 8.92. The summed E-state index contributed by atoms with van der Waals surface area (Å²) >= 11 is 0. The molecule has 3 fully saturated rings. The van der Waals surface area contributed by atoms with Crippen LogP contribution in [-0.2, 0) is 30.4 Å². The molecule has 0 radical (unpaired) electrons. The first kappa shape index (κ1) is 29.3. The van der Waals surface area contributed by atoms with Gasteiger partial charge in [-0.3, -0.25) is 9.59 Å². The number of oxime groups is 1. The van der Waals surface area contributed by atoms with Gasteiger partial charge >= 0.3 is 5.97 Å². The number of benzene rings is 1. The first-order chi connectivity index (χ1) is 19.5. The quantitative estimate of drug-likeness (QED) is 0.334. The van der Waals surface area contributed by atoms with Crippen LogP contribution in [0.4, 0.5) is 0 Å². The van der Waals surface area contributed by atoms with E-state index in [2.05, 4.69) is 30.4 Å². The highest BCUT2D eigenvalue weighted by Crippen LogP contribution is 2.66. The number of rotatable bonds is 8. The number of amides is 1. The van der Waals surface area contributed by atoms with E-state index in [1.165, 1.54) is 44.1 Å². The third kappa shape index (κ3) is 5.67. The van der Waals surface area contributed by atoms with Gasteiger partial charge in [0.1, 0.15) is 17.6 Å². The van der Waals surface area contributed by atoms with Crippen molar-refractivity contribution in [2.45, 2.75) is 84.6 Å². The molecule has 0 heterocycles. The first-order valence-corrected chi connectivity index (χ1v) is 15.1. The fourth-order valence-electron chi connectivity index (χ4n) is 8.92. The monoisotopic (exact) mass is 564 g/mol. The molecule has 8 heteroatoms. The molecule has 0 saturated heterocycles. The molecule has 4 aliphatic rings. The highest BCUT2D eigenvalue weighted by atomic mass is 16.6. The zero-order chi connectivity index (χ0) is 29.4. The number of fused-ring (bicyclic) bond motifs is 5. The van der Waals surface area contributed by atoms with Crippen molar-refractivity contribution in [1.29, 1.82) is 0 Å². The maximum atomic E-state index is 12.6. The molecule has 7 atom stereocenters. The molecule has 1 amide bonds. The highest BCUT2D eigenvalue weighted by Gasteiger charge is 2.59. The van der Waals surface area contributed by atoms with Crippen molar-refractivity contribution in [2.75, 3.05) is 13.7 Å². The Bertz CT molecular complexity index is 1240. The third-order valence-electron chi connectivity index (χ3n) is 11.0. The summed E-state index contributed by atoms with van der Waals surface area (Å²) in [6.07, 6.45) is 11.0. The van der Waals surface area contributed by atoms with Crippen LogP contribution in [0.5, 0.6) is 5.75 Å². The molecule has 2 N–H and O–H groups in total. The minimum Gasteiger partial charge on any atom is -0.508 e.